The number of anilines is 1. The van der Waals surface area contributed by atoms with Gasteiger partial charge in [0.25, 0.3) is 0 Å². The lowest BCUT2D eigenvalue weighted by Gasteiger charge is -2.22. The molecule has 1 saturated heterocycles. The zero-order valence-corrected chi connectivity index (χ0v) is 13.6. The standard InChI is InChI=1S/C13H23N3OS2/c1-10-12(8-14-5-6-17-3)19-13(15-10)16(2)11-4-7-18-9-11/h11,14H,4-9H2,1-3H3. The maximum atomic E-state index is 5.04. The molecule has 0 spiro atoms. The van der Waals surface area contributed by atoms with E-state index in [1.54, 1.807) is 7.11 Å². The highest BCUT2D eigenvalue weighted by Crippen LogP contribution is 2.30. The van der Waals surface area contributed by atoms with Crippen molar-refractivity contribution in [3.63, 3.8) is 0 Å². The molecule has 0 bridgehead atoms. The Balaban J connectivity index is 1.91. The fourth-order valence-electron chi connectivity index (χ4n) is 2.09. The Hall–Kier alpha value is -0.300. The molecule has 2 rings (SSSR count). The summed E-state index contributed by atoms with van der Waals surface area (Å²) in [5, 5.41) is 4.55. The molecular formula is C13H23N3OS2. The first-order valence-corrected chi connectivity index (χ1v) is 8.66. The zero-order chi connectivity index (χ0) is 13.7. The summed E-state index contributed by atoms with van der Waals surface area (Å²) >= 11 is 3.86. The van der Waals surface area contributed by atoms with Crippen molar-refractivity contribution in [1.29, 1.82) is 0 Å². The molecule has 1 N–H and O–H groups in total. The summed E-state index contributed by atoms with van der Waals surface area (Å²) in [4.78, 5) is 8.41. The second-order valence-corrected chi connectivity index (χ2v) is 7.01. The van der Waals surface area contributed by atoms with Gasteiger partial charge in [0.15, 0.2) is 5.13 Å². The van der Waals surface area contributed by atoms with Gasteiger partial charge in [-0.05, 0) is 19.1 Å². The minimum atomic E-state index is 0.657. The van der Waals surface area contributed by atoms with Crippen molar-refractivity contribution < 1.29 is 4.74 Å². The van der Waals surface area contributed by atoms with Crippen LogP contribution in [-0.4, -0.2) is 49.8 Å². The van der Waals surface area contributed by atoms with Crippen LogP contribution in [0.2, 0.25) is 0 Å². The SMILES string of the molecule is COCCNCc1sc(N(C)C2CCSC2)nc1C. The molecule has 1 fully saturated rings. The Labute approximate surface area is 123 Å². The van der Waals surface area contributed by atoms with Crippen LogP contribution in [-0.2, 0) is 11.3 Å². The van der Waals surface area contributed by atoms with Gasteiger partial charge in [0.2, 0.25) is 0 Å². The van der Waals surface area contributed by atoms with Crippen LogP contribution < -0.4 is 10.2 Å². The molecule has 1 aliphatic heterocycles. The van der Waals surface area contributed by atoms with Gasteiger partial charge in [0.05, 0.1) is 12.3 Å². The Morgan fingerprint density at radius 1 is 1.53 bits per heavy atom. The molecule has 1 aromatic rings. The number of rotatable bonds is 7. The summed E-state index contributed by atoms with van der Waals surface area (Å²) in [5.74, 6) is 2.52. The topological polar surface area (TPSA) is 37.4 Å². The number of ether oxygens (including phenoxy) is 1. The highest BCUT2D eigenvalue weighted by atomic mass is 32.2. The lowest BCUT2D eigenvalue weighted by Crippen LogP contribution is -2.31. The minimum Gasteiger partial charge on any atom is -0.383 e. The Morgan fingerprint density at radius 2 is 2.37 bits per heavy atom. The molecule has 1 aromatic heterocycles. The van der Waals surface area contributed by atoms with Gasteiger partial charge < -0.3 is 15.0 Å². The van der Waals surface area contributed by atoms with Crippen LogP contribution in [0.25, 0.3) is 0 Å². The normalized spacial score (nSPS) is 19.0. The highest BCUT2D eigenvalue weighted by molar-refractivity contribution is 7.99. The van der Waals surface area contributed by atoms with E-state index in [4.69, 9.17) is 9.72 Å². The Kier molecular flexibility index (Phi) is 5.94. The Bertz CT molecular complexity index is 391. The second kappa shape index (κ2) is 7.47. The first-order chi connectivity index (χ1) is 9.22. The quantitative estimate of drug-likeness (QED) is 0.781. The number of thiazole rings is 1. The molecule has 0 amide bonds. The van der Waals surface area contributed by atoms with Gasteiger partial charge in [-0.2, -0.15) is 11.8 Å². The molecule has 1 aliphatic rings. The van der Waals surface area contributed by atoms with Crippen LogP contribution in [0.1, 0.15) is 17.0 Å². The van der Waals surface area contributed by atoms with E-state index in [-0.39, 0.29) is 0 Å². The van der Waals surface area contributed by atoms with Gasteiger partial charge in [0.1, 0.15) is 0 Å². The van der Waals surface area contributed by atoms with Crippen LogP contribution in [0.15, 0.2) is 0 Å². The van der Waals surface area contributed by atoms with E-state index < -0.39 is 0 Å². The predicted molar refractivity (Wildman–Crippen MR) is 84.6 cm³/mol. The average Bonchev–Trinajstić information content (AvgIpc) is 3.04. The summed E-state index contributed by atoms with van der Waals surface area (Å²) in [6.07, 6.45) is 1.28. The summed E-state index contributed by atoms with van der Waals surface area (Å²) in [5.41, 5.74) is 1.16. The van der Waals surface area contributed by atoms with Crippen molar-refractivity contribution in [2.24, 2.45) is 0 Å². The molecule has 0 saturated carbocycles. The van der Waals surface area contributed by atoms with E-state index in [0.717, 1.165) is 30.5 Å². The Morgan fingerprint density at radius 3 is 3.05 bits per heavy atom. The molecule has 0 aliphatic carbocycles. The van der Waals surface area contributed by atoms with Crippen molar-refractivity contribution in [2.75, 3.05) is 43.7 Å². The fraction of sp³-hybridized carbons (Fsp3) is 0.769. The van der Waals surface area contributed by atoms with Gasteiger partial charge in [-0.3, -0.25) is 0 Å². The van der Waals surface area contributed by atoms with E-state index in [9.17, 15) is 0 Å². The van der Waals surface area contributed by atoms with Crippen LogP contribution in [0.4, 0.5) is 5.13 Å². The van der Waals surface area contributed by atoms with Crippen LogP contribution in [0.5, 0.6) is 0 Å². The number of thioether (sulfide) groups is 1. The first kappa shape index (κ1) is 15.1. The van der Waals surface area contributed by atoms with E-state index in [2.05, 4.69) is 24.2 Å². The van der Waals surface area contributed by atoms with Gasteiger partial charge in [-0.15, -0.1) is 11.3 Å². The number of hydrogen-bond acceptors (Lipinski definition) is 6. The minimum absolute atomic E-state index is 0.657. The van der Waals surface area contributed by atoms with Crippen molar-refractivity contribution in [3.05, 3.63) is 10.6 Å². The molecule has 4 nitrogen and oxygen atoms in total. The molecule has 108 valence electrons. The van der Waals surface area contributed by atoms with E-state index in [1.807, 2.05) is 23.1 Å². The maximum Gasteiger partial charge on any atom is 0.185 e. The molecule has 0 radical (unpaired) electrons. The smallest absolute Gasteiger partial charge is 0.185 e. The van der Waals surface area contributed by atoms with Crippen molar-refractivity contribution in [3.8, 4) is 0 Å². The largest absolute Gasteiger partial charge is 0.383 e. The molecule has 1 unspecified atom stereocenters. The fourth-order valence-corrected chi connectivity index (χ4v) is 4.42. The summed E-state index contributed by atoms with van der Waals surface area (Å²) in [6, 6.07) is 0.657. The molecule has 2 heterocycles. The number of aromatic nitrogens is 1. The van der Waals surface area contributed by atoms with Gasteiger partial charge in [-0.1, -0.05) is 0 Å². The van der Waals surface area contributed by atoms with Gasteiger partial charge in [-0.25, -0.2) is 4.98 Å². The predicted octanol–water partition coefficient (Wildman–Crippen LogP) is 2.13. The zero-order valence-electron chi connectivity index (χ0n) is 11.9. The number of aryl methyl sites for hydroxylation is 1. The molecule has 6 heteroatoms. The van der Waals surface area contributed by atoms with E-state index >= 15 is 0 Å². The summed E-state index contributed by atoms with van der Waals surface area (Å²) < 4.78 is 5.04. The van der Waals surface area contributed by atoms with Crippen molar-refractivity contribution in [2.45, 2.75) is 25.9 Å². The third kappa shape index (κ3) is 4.08. The van der Waals surface area contributed by atoms with Crippen LogP contribution in [0.3, 0.4) is 0 Å². The molecule has 1 atom stereocenters. The number of hydrogen-bond donors (Lipinski definition) is 1. The lowest BCUT2D eigenvalue weighted by molar-refractivity contribution is 0.199. The number of nitrogens with zero attached hydrogens (tertiary/aromatic N) is 2. The molecule has 19 heavy (non-hydrogen) atoms. The van der Waals surface area contributed by atoms with E-state index in [1.165, 1.54) is 22.8 Å². The van der Waals surface area contributed by atoms with E-state index in [0.29, 0.717) is 6.04 Å². The third-order valence-corrected chi connectivity index (χ3v) is 5.80. The third-order valence-electron chi connectivity index (χ3n) is 3.40. The monoisotopic (exact) mass is 301 g/mol. The van der Waals surface area contributed by atoms with Crippen LogP contribution in [0, 0.1) is 6.92 Å². The lowest BCUT2D eigenvalue weighted by atomic mass is 10.2. The van der Waals surface area contributed by atoms with Gasteiger partial charge in [0, 0.05) is 43.9 Å². The molecular weight excluding hydrogens is 278 g/mol. The highest BCUT2D eigenvalue weighted by Gasteiger charge is 2.22. The van der Waals surface area contributed by atoms with Crippen LogP contribution >= 0.6 is 23.1 Å². The van der Waals surface area contributed by atoms with Crippen molar-refractivity contribution in [1.82, 2.24) is 10.3 Å². The first-order valence-electron chi connectivity index (χ1n) is 6.69. The number of methoxy groups -OCH3 is 1. The number of nitrogens with one attached hydrogen (secondary N) is 1. The van der Waals surface area contributed by atoms with Gasteiger partial charge >= 0.3 is 0 Å². The maximum absolute atomic E-state index is 5.04. The van der Waals surface area contributed by atoms with Crippen molar-refractivity contribution >= 4 is 28.2 Å². The average molecular weight is 301 g/mol. The summed E-state index contributed by atoms with van der Waals surface area (Å²) in [6.45, 7) is 4.63. The second-order valence-electron chi connectivity index (χ2n) is 4.80. The molecule has 0 aromatic carbocycles. The summed E-state index contributed by atoms with van der Waals surface area (Å²) in [7, 11) is 3.91.